The summed E-state index contributed by atoms with van der Waals surface area (Å²) in [6.07, 6.45) is 3.65. The molecule has 0 saturated heterocycles. The number of esters is 1. The monoisotopic (exact) mass is 246 g/mol. The molecular formula is C13H14N2O3. The SMILES string of the molecule is COC(=O)CC(c1ccc(O)cc1)n1cccn1. The lowest BCUT2D eigenvalue weighted by Crippen LogP contribution is -2.16. The number of aromatic hydroxyl groups is 1. The molecule has 0 aliphatic heterocycles. The Hall–Kier alpha value is -2.30. The van der Waals surface area contributed by atoms with Gasteiger partial charge in [-0.1, -0.05) is 12.1 Å². The average Bonchev–Trinajstić information content (AvgIpc) is 2.90. The van der Waals surface area contributed by atoms with Gasteiger partial charge in [0.1, 0.15) is 5.75 Å². The molecule has 18 heavy (non-hydrogen) atoms. The van der Waals surface area contributed by atoms with Crippen LogP contribution in [0, 0.1) is 0 Å². The minimum Gasteiger partial charge on any atom is -0.508 e. The molecule has 0 spiro atoms. The van der Waals surface area contributed by atoms with Crippen molar-refractivity contribution in [2.75, 3.05) is 7.11 Å². The molecule has 0 saturated carbocycles. The summed E-state index contributed by atoms with van der Waals surface area (Å²) < 4.78 is 6.39. The summed E-state index contributed by atoms with van der Waals surface area (Å²) in [7, 11) is 1.36. The molecule has 1 heterocycles. The molecule has 1 atom stereocenters. The molecule has 2 rings (SSSR count). The zero-order valence-electron chi connectivity index (χ0n) is 9.98. The lowest BCUT2D eigenvalue weighted by molar-refractivity contribution is -0.141. The summed E-state index contributed by atoms with van der Waals surface area (Å²) >= 11 is 0. The first kappa shape index (κ1) is 12.2. The van der Waals surface area contributed by atoms with Gasteiger partial charge in [-0.2, -0.15) is 5.10 Å². The van der Waals surface area contributed by atoms with E-state index < -0.39 is 0 Å². The molecule has 0 radical (unpaired) electrons. The van der Waals surface area contributed by atoms with Crippen LogP contribution < -0.4 is 0 Å². The van der Waals surface area contributed by atoms with E-state index in [1.54, 1.807) is 47.4 Å². The molecule has 1 aromatic heterocycles. The highest BCUT2D eigenvalue weighted by Gasteiger charge is 2.18. The largest absolute Gasteiger partial charge is 0.508 e. The van der Waals surface area contributed by atoms with Gasteiger partial charge in [-0.05, 0) is 23.8 Å². The van der Waals surface area contributed by atoms with Crippen LogP contribution in [0.2, 0.25) is 0 Å². The highest BCUT2D eigenvalue weighted by atomic mass is 16.5. The lowest BCUT2D eigenvalue weighted by Gasteiger charge is -2.17. The molecule has 2 aromatic rings. The average molecular weight is 246 g/mol. The number of phenolic OH excluding ortho intramolecular Hbond substituents is 1. The van der Waals surface area contributed by atoms with Crippen molar-refractivity contribution in [2.24, 2.45) is 0 Å². The summed E-state index contributed by atoms with van der Waals surface area (Å²) in [5, 5.41) is 13.4. The van der Waals surface area contributed by atoms with Crippen molar-refractivity contribution >= 4 is 5.97 Å². The third-order valence-corrected chi connectivity index (χ3v) is 2.71. The number of ether oxygens (including phenoxy) is 1. The van der Waals surface area contributed by atoms with E-state index in [4.69, 9.17) is 4.74 Å². The van der Waals surface area contributed by atoms with E-state index in [0.717, 1.165) is 5.56 Å². The van der Waals surface area contributed by atoms with E-state index in [1.165, 1.54) is 7.11 Å². The van der Waals surface area contributed by atoms with Crippen molar-refractivity contribution in [1.82, 2.24) is 9.78 Å². The number of benzene rings is 1. The molecule has 0 bridgehead atoms. The number of rotatable bonds is 4. The van der Waals surface area contributed by atoms with E-state index in [9.17, 15) is 9.90 Å². The van der Waals surface area contributed by atoms with Gasteiger partial charge in [0.05, 0.1) is 19.6 Å². The highest BCUT2D eigenvalue weighted by Crippen LogP contribution is 2.23. The number of hydrogen-bond donors (Lipinski definition) is 1. The van der Waals surface area contributed by atoms with Crippen LogP contribution in [0.1, 0.15) is 18.0 Å². The smallest absolute Gasteiger partial charge is 0.308 e. The molecule has 5 heteroatoms. The van der Waals surface area contributed by atoms with Gasteiger partial charge in [0, 0.05) is 12.4 Å². The van der Waals surface area contributed by atoms with Crippen molar-refractivity contribution < 1.29 is 14.6 Å². The fourth-order valence-electron chi connectivity index (χ4n) is 1.77. The number of carbonyl (C=O) groups excluding carboxylic acids is 1. The van der Waals surface area contributed by atoms with Crippen molar-refractivity contribution in [3.8, 4) is 5.75 Å². The van der Waals surface area contributed by atoms with Gasteiger partial charge in [-0.25, -0.2) is 0 Å². The minimum atomic E-state index is -0.302. The standard InChI is InChI=1S/C13H14N2O3/c1-18-13(17)9-12(15-8-2-7-14-15)10-3-5-11(16)6-4-10/h2-8,12,16H,9H2,1H3. The van der Waals surface area contributed by atoms with Gasteiger partial charge < -0.3 is 9.84 Å². The maximum Gasteiger partial charge on any atom is 0.308 e. The molecule has 1 aromatic carbocycles. The molecule has 0 aliphatic rings. The molecule has 1 unspecified atom stereocenters. The predicted octanol–water partition coefficient (Wildman–Crippen LogP) is 1.74. The third-order valence-electron chi connectivity index (χ3n) is 2.71. The molecule has 0 aliphatic carbocycles. The van der Waals surface area contributed by atoms with Gasteiger partial charge >= 0.3 is 5.97 Å². The predicted molar refractivity (Wildman–Crippen MR) is 65.1 cm³/mol. The van der Waals surface area contributed by atoms with E-state index >= 15 is 0 Å². The molecule has 0 fully saturated rings. The quantitative estimate of drug-likeness (QED) is 0.834. The van der Waals surface area contributed by atoms with Crippen LogP contribution in [0.4, 0.5) is 0 Å². The van der Waals surface area contributed by atoms with E-state index in [1.807, 2.05) is 0 Å². The van der Waals surface area contributed by atoms with Gasteiger partial charge in [0.15, 0.2) is 0 Å². The second-order valence-corrected chi connectivity index (χ2v) is 3.87. The highest BCUT2D eigenvalue weighted by molar-refractivity contribution is 5.70. The van der Waals surface area contributed by atoms with Crippen LogP contribution >= 0.6 is 0 Å². The molecule has 0 amide bonds. The first-order chi connectivity index (χ1) is 8.70. The lowest BCUT2D eigenvalue weighted by atomic mass is 10.0. The number of aromatic nitrogens is 2. The number of nitrogens with zero attached hydrogens (tertiary/aromatic N) is 2. The van der Waals surface area contributed by atoms with Crippen LogP contribution in [0.3, 0.4) is 0 Å². The Kier molecular flexibility index (Phi) is 3.62. The summed E-state index contributed by atoms with van der Waals surface area (Å²) in [5.74, 6) is -0.111. The second-order valence-electron chi connectivity index (χ2n) is 3.87. The normalized spacial score (nSPS) is 12.1. The fourth-order valence-corrected chi connectivity index (χ4v) is 1.77. The van der Waals surface area contributed by atoms with Crippen LogP contribution in [-0.4, -0.2) is 28.0 Å². The number of methoxy groups -OCH3 is 1. The maximum absolute atomic E-state index is 11.4. The van der Waals surface area contributed by atoms with Crippen LogP contribution in [0.5, 0.6) is 5.75 Å². The molecule has 5 nitrogen and oxygen atoms in total. The summed E-state index contributed by atoms with van der Waals surface area (Å²) in [4.78, 5) is 11.4. The molecule has 1 N–H and O–H groups in total. The number of phenols is 1. The Balaban J connectivity index is 2.30. The zero-order valence-corrected chi connectivity index (χ0v) is 9.98. The molecule has 94 valence electrons. The van der Waals surface area contributed by atoms with Crippen molar-refractivity contribution in [1.29, 1.82) is 0 Å². The van der Waals surface area contributed by atoms with Gasteiger partial charge in [0.25, 0.3) is 0 Å². The van der Waals surface area contributed by atoms with Gasteiger partial charge in [0.2, 0.25) is 0 Å². The Bertz CT molecular complexity index is 506. The van der Waals surface area contributed by atoms with E-state index in [-0.39, 0.29) is 24.2 Å². The first-order valence-electron chi connectivity index (χ1n) is 5.55. The van der Waals surface area contributed by atoms with E-state index in [2.05, 4.69) is 5.10 Å². The Morgan fingerprint density at radius 2 is 2.17 bits per heavy atom. The van der Waals surface area contributed by atoms with Crippen molar-refractivity contribution in [3.63, 3.8) is 0 Å². The second kappa shape index (κ2) is 5.35. The summed E-state index contributed by atoms with van der Waals surface area (Å²) in [6.45, 7) is 0. The summed E-state index contributed by atoms with van der Waals surface area (Å²) in [5.41, 5.74) is 0.891. The number of hydrogen-bond acceptors (Lipinski definition) is 4. The van der Waals surface area contributed by atoms with Gasteiger partial charge in [-0.3, -0.25) is 9.48 Å². The topological polar surface area (TPSA) is 64.3 Å². The first-order valence-corrected chi connectivity index (χ1v) is 5.55. The van der Waals surface area contributed by atoms with Crippen molar-refractivity contribution in [3.05, 3.63) is 48.3 Å². The van der Waals surface area contributed by atoms with Crippen LogP contribution in [0.25, 0.3) is 0 Å². The Labute approximate surface area is 105 Å². The Morgan fingerprint density at radius 3 is 2.72 bits per heavy atom. The van der Waals surface area contributed by atoms with Crippen LogP contribution in [-0.2, 0) is 9.53 Å². The number of carbonyl (C=O) groups is 1. The van der Waals surface area contributed by atoms with Gasteiger partial charge in [-0.15, -0.1) is 0 Å². The minimum absolute atomic E-state index is 0.191. The maximum atomic E-state index is 11.4. The van der Waals surface area contributed by atoms with Crippen molar-refractivity contribution in [2.45, 2.75) is 12.5 Å². The van der Waals surface area contributed by atoms with Crippen LogP contribution in [0.15, 0.2) is 42.7 Å². The zero-order chi connectivity index (χ0) is 13.0. The Morgan fingerprint density at radius 1 is 1.44 bits per heavy atom. The molecular weight excluding hydrogens is 232 g/mol. The van der Waals surface area contributed by atoms with E-state index in [0.29, 0.717) is 0 Å². The fraction of sp³-hybridized carbons (Fsp3) is 0.231. The third kappa shape index (κ3) is 2.68. The summed E-state index contributed by atoms with van der Waals surface area (Å²) in [6, 6.07) is 8.28.